The summed E-state index contributed by atoms with van der Waals surface area (Å²) in [6, 6.07) is 0. The van der Waals surface area contributed by atoms with Gasteiger partial charge in [-0.3, -0.25) is 19.2 Å². The van der Waals surface area contributed by atoms with Gasteiger partial charge in [-0.25, -0.2) is 0 Å². The molecule has 0 N–H and O–H groups in total. The van der Waals surface area contributed by atoms with Crippen LogP contribution in [0.4, 0.5) is 0 Å². The summed E-state index contributed by atoms with van der Waals surface area (Å²) in [5.74, 6) is -2.71. The lowest BCUT2D eigenvalue weighted by molar-refractivity contribution is -0.196. The van der Waals surface area contributed by atoms with Gasteiger partial charge in [0.15, 0.2) is 12.2 Å². The third-order valence-corrected chi connectivity index (χ3v) is 4.45. The number of methoxy groups -OCH3 is 1. The monoisotopic (exact) mass is 408 g/mol. The van der Waals surface area contributed by atoms with Crippen LogP contribution in [0.2, 0.25) is 0 Å². The number of hydrogen-bond acceptors (Lipinski definition) is 8. The molecule has 0 aliphatic heterocycles. The number of halogens is 1. The predicted octanol–water partition coefficient (Wildman–Crippen LogP) is 1.13. The fourth-order valence-electron chi connectivity index (χ4n) is 2.73. The second-order valence-electron chi connectivity index (χ2n) is 5.51. The highest BCUT2D eigenvalue weighted by Gasteiger charge is 2.50. The Bertz CT molecular complexity index is 506. The first kappa shape index (κ1) is 20.4. The molecule has 24 heavy (non-hydrogen) atoms. The molecule has 0 heterocycles. The van der Waals surface area contributed by atoms with Gasteiger partial charge < -0.3 is 18.9 Å². The van der Waals surface area contributed by atoms with Crippen LogP contribution in [-0.2, 0) is 38.1 Å². The Kier molecular flexibility index (Phi) is 7.65. The normalized spacial score (nSPS) is 29.3. The lowest BCUT2D eigenvalue weighted by Gasteiger charge is -2.42. The van der Waals surface area contributed by atoms with E-state index >= 15 is 0 Å². The van der Waals surface area contributed by atoms with Crippen molar-refractivity contribution in [2.45, 2.75) is 56.8 Å². The highest BCUT2D eigenvalue weighted by atomic mass is 79.9. The van der Waals surface area contributed by atoms with Crippen LogP contribution in [0.25, 0.3) is 0 Å². The van der Waals surface area contributed by atoms with E-state index in [9.17, 15) is 19.2 Å². The first-order valence-corrected chi connectivity index (χ1v) is 8.29. The van der Waals surface area contributed by atoms with Crippen LogP contribution in [-0.4, -0.2) is 54.1 Å². The molecule has 0 unspecified atom stereocenters. The van der Waals surface area contributed by atoms with Crippen LogP contribution in [0.1, 0.15) is 33.6 Å². The van der Waals surface area contributed by atoms with Gasteiger partial charge in [0, 0.05) is 26.7 Å². The second-order valence-corrected chi connectivity index (χ2v) is 6.69. The summed E-state index contributed by atoms with van der Waals surface area (Å²) in [7, 11) is 1.25. The van der Waals surface area contributed by atoms with E-state index in [2.05, 4.69) is 20.7 Å². The van der Waals surface area contributed by atoms with E-state index in [0.717, 1.165) is 0 Å². The van der Waals surface area contributed by atoms with Crippen molar-refractivity contribution in [2.24, 2.45) is 5.92 Å². The Morgan fingerprint density at radius 3 is 1.79 bits per heavy atom. The number of carbonyl (C=O) groups is 4. The average Bonchev–Trinajstić information content (AvgIpc) is 2.45. The first-order valence-electron chi connectivity index (χ1n) is 7.38. The third-order valence-electron chi connectivity index (χ3n) is 3.56. The minimum Gasteiger partial charge on any atom is -0.469 e. The van der Waals surface area contributed by atoms with E-state index in [1.54, 1.807) is 0 Å². The lowest BCUT2D eigenvalue weighted by atomic mass is 9.80. The van der Waals surface area contributed by atoms with Crippen LogP contribution in [0, 0.1) is 5.92 Å². The minimum absolute atomic E-state index is 0.0267. The Balaban J connectivity index is 3.15. The molecule has 0 aromatic heterocycles. The molecule has 0 radical (unpaired) electrons. The Hall–Kier alpha value is -1.64. The molecule has 1 aliphatic carbocycles. The van der Waals surface area contributed by atoms with Crippen molar-refractivity contribution in [1.82, 2.24) is 0 Å². The molecule has 1 aliphatic rings. The van der Waals surface area contributed by atoms with Crippen LogP contribution in [0.15, 0.2) is 0 Å². The standard InChI is InChI=1S/C15H21BrO8/c1-7(17)22-13-10(6-12(20)21-4)5-11(16)14(23-8(2)18)15(13)24-9(3)19/h10-11,13-15H,5-6H2,1-4H3/t10-,11-,13+,14-,15-/m0/s1. The van der Waals surface area contributed by atoms with E-state index in [-0.39, 0.29) is 11.2 Å². The third kappa shape index (κ3) is 5.77. The van der Waals surface area contributed by atoms with E-state index in [4.69, 9.17) is 14.2 Å². The number of esters is 4. The molecule has 0 amide bonds. The first-order chi connectivity index (χ1) is 11.1. The summed E-state index contributed by atoms with van der Waals surface area (Å²) in [5.41, 5.74) is 0. The zero-order valence-electron chi connectivity index (χ0n) is 13.9. The van der Waals surface area contributed by atoms with Crippen LogP contribution >= 0.6 is 15.9 Å². The van der Waals surface area contributed by atoms with Crippen molar-refractivity contribution in [1.29, 1.82) is 0 Å². The largest absolute Gasteiger partial charge is 0.469 e. The molecule has 0 aromatic rings. The molecule has 0 bridgehead atoms. The maximum atomic E-state index is 11.6. The van der Waals surface area contributed by atoms with Gasteiger partial charge in [-0.15, -0.1) is 0 Å². The van der Waals surface area contributed by atoms with Gasteiger partial charge in [0.2, 0.25) is 0 Å². The van der Waals surface area contributed by atoms with Gasteiger partial charge in [0.25, 0.3) is 0 Å². The lowest BCUT2D eigenvalue weighted by Crippen LogP contribution is -2.56. The molecule has 9 heteroatoms. The number of carbonyl (C=O) groups excluding carboxylic acids is 4. The second kappa shape index (κ2) is 9.00. The van der Waals surface area contributed by atoms with Crippen LogP contribution < -0.4 is 0 Å². The predicted molar refractivity (Wildman–Crippen MR) is 84.1 cm³/mol. The highest BCUT2D eigenvalue weighted by molar-refractivity contribution is 9.09. The maximum Gasteiger partial charge on any atom is 0.305 e. The van der Waals surface area contributed by atoms with Gasteiger partial charge in [0.1, 0.15) is 6.10 Å². The van der Waals surface area contributed by atoms with Gasteiger partial charge in [-0.05, 0) is 6.42 Å². The fraction of sp³-hybridized carbons (Fsp3) is 0.733. The van der Waals surface area contributed by atoms with E-state index < -0.39 is 48.1 Å². The number of ether oxygens (including phenoxy) is 4. The van der Waals surface area contributed by atoms with Gasteiger partial charge >= 0.3 is 23.9 Å². The van der Waals surface area contributed by atoms with E-state index in [1.165, 1.54) is 27.9 Å². The number of alkyl halides is 1. The number of rotatable bonds is 5. The molecule has 0 spiro atoms. The molecule has 136 valence electrons. The molecule has 1 saturated carbocycles. The summed E-state index contributed by atoms with van der Waals surface area (Å²) in [4.78, 5) is 45.5. The summed E-state index contributed by atoms with van der Waals surface area (Å²) < 4.78 is 20.4. The molecular formula is C15H21BrO8. The number of hydrogen-bond donors (Lipinski definition) is 0. The van der Waals surface area contributed by atoms with Crippen molar-refractivity contribution in [2.75, 3.05) is 7.11 Å². The summed E-state index contributed by atoms with van der Waals surface area (Å²) >= 11 is 3.40. The molecule has 5 atom stereocenters. The molecule has 1 fully saturated rings. The zero-order chi connectivity index (χ0) is 18.4. The van der Waals surface area contributed by atoms with Crippen LogP contribution in [0.5, 0.6) is 0 Å². The van der Waals surface area contributed by atoms with E-state index in [0.29, 0.717) is 6.42 Å². The zero-order valence-corrected chi connectivity index (χ0v) is 15.5. The Morgan fingerprint density at radius 2 is 1.33 bits per heavy atom. The van der Waals surface area contributed by atoms with Crippen molar-refractivity contribution >= 4 is 39.8 Å². The Morgan fingerprint density at radius 1 is 0.875 bits per heavy atom. The summed E-state index contributed by atoms with van der Waals surface area (Å²) in [5, 5.41) is 0. The molecule has 1 rings (SSSR count). The van der Waals surface area contributed by atoms with Gasteiger partial charge in [0.05, 0.1) is 18.4 Å². The van der Waals surface area contributed by atoms with Crippen molar-refractivity contribution in [3.63, 3.8) is 0 Å². The topological polar surface area (TPSA) is 105 Å². The molecular weight excluding hydrogens is 388 g/mol. The van der Waals surface area contributed by atoms with Crippen molar-refractivity contribution in [3.8, 4) is 0 Å². The van der Waals surface area contributed by atoms with Gasteiger partial charge in [-0.1, -0.05) is 15.9 Å². The van der Waals surface area contributed by atoms with Crippen LogP contribution in [0.3, 0.4) is 0 Å². The van der Waals surface area contributed by atoms with E-state index in [1.807, 2.05) is 0 Å². The smallest absolute Gasteiger partial charge is 0.305 e. The van der Waals surface area contributed by atoms with Gasteiger partial charge in [-0.2, -0.15) is 0 Å². The molecule has 0 aromatic carbocycles. The molecule has 0 saturated heterocycles. The Labute approximate surface area is 148 Å². The fourth-order valence-corrected chi connectivity index (χ4v) is 3.62. The quantitative estimate of drug-likeness (QED) is 0.378. The SMILES string of the molecule is COC(=O)C[C@@H]1C[C@H](Br)[C@H](OC(C)=O)[C@@H](OC(C)=O)[C@@H]1OC(C)=O. The maximum absolute atomic E-state index is 11.6. The molecule has 8 nitrogen and oxygen atoms in total. The summed E-state index contributed by atoms with van der Waals surface area (Å²) in [6.07, 6.45) is -2.46. The highest BCUT2D eigenvalue weighted by Crippen LogP contribution is 2.37. The van der Waals surface area contributed by atoms with Crippen molar-refractivity contribution < 1.29 is 38.1 Å². The minimum atomic E-state index is -1.02. The summed E-state index contributed by atoms with van der Waals surface area (Å²) in [6.45, 7) is 3.63. The average molecular weight is 409 g/mol. The van der Waals surface area contributed by atoms with Crippen molar-refractivity contribution in [3.05, 3.63) is 0 Å².